The summed E-state index contributed by atoms with van der Waals surface area (Å²) in [5, 5.41) is 1.32. The Balaban J connectivity index is 1.36. The fraction of sp³-hybridized carbons (Fsp3) is 0.217. The fourth-order valence-corrected chi connectivity index (χ4v) is 3.94. The molecule has 1 aliphatic heterocycles. The predicted octanol–water partition coefficient (Wildman–Crippen LogP) is 4.07. The van der Waals surface area contributed by atoms with E-state index in [1.165, 1.54) is 27.6 Å². The minimum Gasteiger partial charge on any atom is -0.399 e. The van der Waals surface area contributed by atoms with Gasteiger partial charge in [0.05, 0.1) is 5.69 Å². The molecule has 5 nitrogen and oxygen atoms in total. The van der Waals surface area contributed by atoms with E-state index in [2.05, 4.69) is 46.2 Å². The summed E-state index contributed by atoms with van der Waals surface area (Å²) in [5.41, 5.74) is 13.8. The topological polar surface area (TPSA) is 70.8 Å². The molecular weight excluding hydrogens is 346 g/mol. The monoisotopic (exact) mass is 369 g/mol. The smallest absolute Gasteiger partial charge is 0.159 e. The summed E-state index contributed by atoms with van der Waals surface area (Å²) < 4.78 is 0. The Kier molecular flexibility index (Phi) is 4.10. The number of aryl methyl sites for hydroxylation is 1. The second-order valence-corrected chi connectivity index (χ2v) is 7.61. The molecule has 3 N–H and O–H groups in total. The van der Waals surface area contributed by atoms with Crippen molar-refractivity contribution in [3.63, 3.8) is 0 Å². The molecule has 140 valence electrons. The standard InChI is InChI=1S/C23H23N5/c1-15-2-7-22-20(10-15)17(11-25-22)13-28-9-8-21-18(14-28)12-26-23(27-21)16-3-5-19(24)6-4-16/h2-7,10-12,25H,8-9,13-14,24H2,1H3. The Morgan fingerprint density at radius 2 is 2.00 bits per heavy atom. The van der Waals surface area contributed by atoms with Gasteiger partial charge in [0.2, 0.25) is 0 Å². The maximum Gasteiger partial charge on any atom is 0.159 e. The first-order valence-electron chi connectivity index (χ1n) is 9.65. The molecule has 0 fully saturated rings. The molecule has 0 atom stereocenters. The molecule has 2 aromatic carbocycles. The number of nitrogens with two attached hydrogens (primary N) is 1. The van der Waals surface area contributed by atoms with Gasteiger partial charge in [0.25, 0.3) is 0 Å². The Hall–Kier alpha value is -3.18. The number of nitrogens with zero attached hydrogens (tertiary/aromatic N) is 3. The zero-order valence-corrected chi connectivity index (χ0v) is 15.9. The molecule has 28 heavy (non-hydrogen) atoms. The highest BCUT2D eigenvalue weighted by Gasteiger charge is 2.20. The molecule has 1 aliphatic rings. The number of aromatic nitrogens is 3. The van der Waals surface area contributed by atoms with E-state index in [-0.39, 0.29) is 0 Å². The van der Waals surface area contributed by atoms with Gasteiger partial charge in [-0.2, -0.15) is 0 Å². The summed E-state index contributed by atoms with van der Waals surface area (Å²) in [5.74, 6) is 0.777. The summed E-state index contributed by atoms with van der Waals surface area (Å²) >= 11 is 0. The molecule has 0 saturated carbocycles. The van der Waals surface area contributed by atoms with Crippen molar-refractivity contribution in [2.45, 2.75) is 26.4 Å². The zero-order chi connectivity index (χ0) is 19.1. The normalized spacial score (nSPS) is 14.3. The molecule has 0 radical (unpaired) electrons. The molecule has 0 saturated heterocycles. The quantitative estimate of drug-likeness (QED) is 0.534. The highest BCUT2D eigenvalue weighted by molar-refractivity contribution is 5.83. The van der Waals surface area contributed by atoms with Gasteiger partial charge >= 0.3 is 0 Å². The first-order chi connectivity index (χ1) is 13.7. The van der Waals surface area contributed by atoms with Crippen LogP contribution in [0.25, 0.3) is 22.3 Å². The summed E-state index contributed by atoms with van der Waals surface area (Å²) in [7, 11) is 0. The lowest BCUT2D eigenvalue weighted by Crippen LogP contribution is -2.30. The maximum atomic E-state index is 5.78. The predicted molar refractivity (Wildman–Crippen MR) is 113 cm³/mol. The minimum atomic E-state index is 0.754. The lowest BCUT2D eigenvalue weighted by molar-refractivity contribution is 0.244. The van der Waals surface area contributed by atoms with Gasteiger partial charge in [-0.3, -0.25) is 4.90 Å². The Morgan fingerprint density at radius 3 is 2.86 bits per heavy atom. The van der Waals surface area contributed by atoms with Crippen LogP contribution in [0.15, 0.2) is 54.9 Å². The molecule has 0 spiro atoms. The van der Waals surface area contributed by atoms with Gasteiger partial charge in [-0.25, -0.2) is 9.97 Å². The van der Waals surface area contributed by atoms with Crippen LogP contribution >= 0.6 is 0 Å². The molecule has 4 aromatic rings. The van der Waals surface area contributed by atoms with Gasteiger partial charge in [-0.15, -0.1) is 0 Å². The lowest BCUT2D eigenvalue weighted by Gasteiger charge is -2.28. The number of benzene rings is 2. The van der Waals surface area contributed by atoms with Crippen LogP contribution in [0.3, 0.4) is 0 Å². The minimum absolute atomic E-state index is 0.754. The molecule has 0 unspecified atom stereocenters. The van der Waals surface area contributed by atoms with Crippen LogP contribution in [0, 0.1) is 6.92 Å². The molecule has 0 aliphatic carbocycles. The highest BCUT2D eigenvalue weighted by atomic mass is 15.1. The van der Waals surface area contributed by atoms with Crippen molar-refractivity contribution in [3.8, 4) is 11.4 Å². The van der Waals surface area contributed by atoms with Gasteiger partial charge in [0.1, 0.15) is 0 Å². The van der Waals surface area contributed by atoms with E-state index in [1.807, 2.05) is 30.5 Å². The number of hydrogen-bond donors (Lipinski definition) is 2. The first-order valence-corrected chi connectivity index (χ1v) is 9.65. The van der Waals surface area contributed by atoms with Crippen molar-refractivity contribution >= 4 is 16.6 Å². The number of H-pyrrole nitrogens is 1. The van der Waals surface area contributed by atoms with E-state index < -0.39 is 0 Å². The SMILES string of the molecule is Cc1ccc2[nH]cc(CN3CCc4nc(-c5ccc(N)cc5)ncc4C3)c2c1. The molecule has 5 heteroatoms. The van der Waals surface area contributed by atoms with Gasteiger partial charge in [0.15, 0.2) is 5.82 Å². The molecule has 0 bridgehead atoms. The van der Waals surface area contributed by atoms with Gasteiger partial charge in [-0.05, 0) is 48.9 Å². The van der Waals surface area contributed by atoms with Crippen molar-refractivity contribution in [2.75, 3.05) is 12.3 Å². The van der Waals surface area contributed by atoms with Crippen LogP contribution in [0.1, 0.15) is 22.4 Å². The van der Waals surface area contributed by atoms with E-state index in [1.54, 1.807) is 0 Å². The van der Waals surface area contributed by atoms with Gasteiger partial charge < -0.3 is 10.7 Å². The zero-order valence-electron chi connectivity index (χ0n) is 15.9. The van der Waals surface area contributed by atoms with E-state index >= 15 is 0 Å². The number of nitrogen functional groups attached to an aromatic ring is 1. The summed E-state index contributed by atoms with van der Waals surface area (Å²) in [4.78, 5) is 15.3. The average Bonchev–Trinajstić information content (AvgIpc) is 3.10. The summed E-state index contributed by atoms with van der Waals surface area (Å²) in [6, 6.07) is 14.3. The van der Waals surface area contributed by atoms with Crippen molar-refractivity contribution in [2.24, 2.45) is 0 Å². The van der Waals surface area contributed by atoms with E-state index in [4.69, 9.17) is 10.7 Å². The highest BCUT2D eigenvalue weighted by Crippen LogP contribution is 2.25. The van der Waals surface area contributed by atoms with Crippen LogP contribution in [0.4, 0.5) is 5.69 Å². The van der Waals surface area contributed by atoms with Crippen molar-refractivity contribution < 1.29 is 0 Å². The van der Waals surface area contributed by atoms with Crippen LogP contribution in [-0.2, 0) is 19.5 Å². The largest absolute Gasteiger partial charge is 0.399 e. The molecule has 3 heterocycles. The molecule has 0 amide bonds. The van der Waals surface area contributed by atoms with Gasteiger partial charge in [0, 0.05) is 66.2 Å². The van der Waals surface area contributed by atoms with E-state index in [0.29, 0.717) is 0 Å². The van der Waals surface area contributed by atoms with Crippen molar-refractivity contribution in [1.29, 1.82) is 0 Å². The van der Waals surface area contributed by atoms with Crippen LogP contribution in [0.5, 0.6) is 0 Å². The number of nitrogens with one attached hydrogen (secondary N) is 1. The first kappa shape index (κ1) is 17.0. The van der Waals surface area contributed by atoms with Crippen molar-refractivity contribution in [1.82, 2.24) is 19.9 Å². The Bertz CT molecular complexity index is 1140. The number of anilines is 1. The van der Waals surface area contributed by atoms with Crippen LogP contribution in [-0.4, -0.2) is 26.4 Å². The number of fused-ring (bicyclic) bond motifs is 2. The van der Waals surface area contributed by atoms with Gasteiger partial charge in [-0.1, -0.05) is 11.6 Å². The second kappa shape index (κ2) is 6.77. The third-order valence-corrected chi connectivity index (χ3v) is 5.50. The van der Waals surface area contributed by atoms with Crippen LogP contribution in [0.2, 0.25) is 0 Å². The second-order valence-electron chi connectivity index (χ2n) is 7.61. The lowest BCUT2D eigenvalue weighted by atomic mass is 10.0. The summed E-state index contributed by atoms with van der Waals surface area (Å²) in [6.07, 6.45) is 5.07. The summed E-state index contributed by atoms with van der Waals surface area (Å²) in [6.45, 7) is 4.96. The Labute approximate surface area is 164 Å². The fourth-order valence-electron chi connectivity index (χ4n) is 3.94. The van der Waals surface area contributed by atoms with E-state index in [9.17, 15) is 0 Å². The van der Waals surface area contributed by atoms with E-state index in [0.717, 1.165) is 48.8 Å². The maximum absolute atomic E-state index is 5.78. The Morgan fingerprint density at radius 1 is 1.14 bits per heavy atom. The third-order valence-electron chi connectivity index (χ3n) is 5.50. The number of rotatable bonds is 3. The third kappa shape index (κ3) is 3.14. The molecular formula is C23H23N5. The molecule has 5 rings (SSSR count). The van der Waals surface area contributed by atoms with Crippen molar-refractivity contribution in [3.05, 3.63) is 77.2 Å². The van der Waals surface area contributed by atoms with Crippen LogP contribution < -0.4 is 5.73 Å². The average molecular weight is 369 g/mol. The molecule has 2 aromatic heterocycles. The number of aromatic amines is 1. The number of hydrogen-bond acceptors (Lipinski definition) is 4.